The number of hydrogen-bond donors (Lipinski definition) is 1. The van der Waals surface area contributed by atoms with Gasteiger partial charge in [0.05, 0.1) is 6.26 Å². The van der Waals surface area contributed by atoms with Gasteiger partial charge >= 0.3 is 0 Å². The van der Waals surface area contributed by atoms with Crippen LogP contribution in [0.25, 0.3) is 0 Å². The molecule has 0 unspecified atom stereocenters. The minimum absolute atomic E-state index is 0.450. The van der Waals surface area contributed by atoms with Crippen LogP contribution in [0.2, 0.25) is 0 Å². The molecule has 0 atom stereocenters. The molecule has 0 saturated carbocycles. The van der Waals surface area contributed by atoms with Gasteiger partial charge in [-0.2, -0.15) is 11.8 Å². The van der Waals surface area contributed by atoms with Crippen molar-refractivity contribution in [2.24, 2.45) is 16.6 Å². The van der Waals surface area contributed by atoms with Crippen LogP contribution in [0.3, 0.4) is 0 Å². The van der Waals surface area contributed by atoms with E-state index >= 15 is 0 Å². The van der Waals surface area contributed by atoms with Crippen molar-refractivity contribution in [3.63, 3.8) is 0 Å². The molecule has 8 heteroatoms. The molecule has 2 aliphatic rings. The molecule has 2 rings (SSSR count). The second-order valence-corrected chi connectivity index (χ2v) is 8.61. The van der Waals surface area contributed by atoms with E-state index in [1.165, 1.54) is 6.26 Å². The van der Waals surface area contributed by atoms with Crippen LogP contribution in [0.1, 0.15) is 12.8 Å². The van der Waals surface area contributed by atoms with E-state index < -0.39 is 10.0 Å². The Morgan fingerprint density at radius 2 is 1.85 bits per heavy atom. The molecular weight excluding hydrogens is 296 g/mol. The third-order valence-electron chi connectivity index (χ3n) is 3.89. The van der Waals surface area contributed by atoms with Crippen LogP contribution in [0.4, 0.5) is 0 Å². The predicted octanol–water partition coefficient (Wildman–Crippen LogP) is 0.0215. The molecule has 0 aromatic rings. The van der Waals surface area contributed by atoms with Gasteiger partial charge in [0.15, 0.2) is 5.96 Å². The Morgan fingerprint density at radius 1 is 1.25 bits per heavy atom. The Bertz CT molecular complexity index is 438. The van der Waals surface area contributed by atoms with Gasteiger partial charge in [0.2, 0.25) is 10.0 Å². The van der Waals surface area contributed by atoms with Gasteiger partial charge in [-0.3, -0.25) is 4.99 Å². The van der Waals surface area contributed by atoms with Crippen molar-refractivity contribution in [1.82, 2.24) is 9.21 Å². The van der Waals surface area contributed by atoms with Gasteiger partial charge in [-0.05, 0) is 18.8 Å². The van der Waals surface area contributed by atoms with Crippen LogP contribution >= 0.6 is 11.8 Å². The second kappa shape index (κ2) is 7.00. The first-order chi connectivity index (χ1) is 9.47. The maximum Gasteiger partial charge on any atom is 0.211 e. The van der Waals surface area contributed by atoms with E-state index in [0.717, 1.165) is 37.4 Å². The van der Waals surface area contributed by atoms with Gasteiger partial charge in [0, 0.05) is 44.2 Å². The number of hydrogen-bond acceptors (Lipinski definition) is 4. The monoisotopic (exact) mass is 320 g/mol. The smallest absolute Gasteiger partial charge is 0.211 e. The molecule has 0 aliphatic carbocycles. The van der Waals surface area contributed by atoms with E-state index in [9.17, 15) is 8.42 Å². The van der Waals surface area contributed by atoms with Gasteiger partial charge < -0.3 is 10.6 Å². The fraction of sp³-hybridized carbons (Fsp3) is 0.917. The van der Waals surface area contributed by atoms with Crippen LogP contribution in [-0.2, 0) is 10.0 Å². The molecule has 20 heavy (non-hydrogen) atoms. The van der Waals surface area contributed by atoms with Crippen LogP contribution in [0, 0.1) is 5.92 Å². The van der Waals surface area contributed by atoms with E-state index in [2.05, 4.69) is 9.89 Å². The highest BCUT2D eigenvalue weighted by Crippen LogP contribution is 2.19. The first kappa shape index (κ1) is 15.9. The largest absolute Gasteiger partial charge is 0.370 e. The molecular formula is C12H24N4O2S2. The van der Waals surface area contributed by atoms with Crippen molar-refractivity contribution in [1.29, 1.82) is 0 Å². The Hall–Kier alpha value is -0.470. The number of thioether (sulfide) groups is 1. The van der Waals surface area contributed by atoms with E-state index in [1.807, 2.05) is 11.8 Å². The average Bonchev–Trinajstić information content (AvgIpc) is 2.45. The molecule has 116 valence electrons. The fourth-order valence-corrected chi connectivity index (χ4v) is 4.32. The number of guanidine groups is 1. The van der Waals surface area contributed by atoms with Crippen molar-refractivity contribution >= 4 is 27.7 Å². The fourth-order valence-electron chi connectivity index (χ4n) is 2.54. The summed E-state index contributed by atoms with van der Waals surface area (Å²) in [5, 5.41) is 0. The summed E-state index contributed by atoms with van der Waals surface area (Å²) in [7, 11) is -3.04. The lowest BCUT2D eigenvalue weighted by Crippen LogP contribution is -2.43. The van der Waals surface area contributed by atoms with Crippen molar-refractivity contribution in [3.05, 3.63) is 0 Å². The lowest BCUT2D eigenvalue weighted by molar-refractivity contribution is 0.279. The van der Waals surface area contributed by atoms with E-state index in [4.69, 9.17) is 5.73 Å². The Kier molecular flexibility index (Phi) is 5.57. The third-order valence-corrected chi connectivity index (χ3v) is 6.13. The molecule has 0 amide bonds. The SMILES string of the molecule is CS(=O)(=O)N1CCC(CN=C(N)N2CCSCC2)CC1. The Labute approximate surface area is 125 Å². The molecule has 2 saturated heterocycles. The van der Waals surface area contributed by atoms with Gasteiger partial charge in [-0.15, -0.1) is 0 Å². The van der Waals surface area contributed by atoms with Crippen LogP contribution in [0.15, 0.2) is 4.99 Å². The molecule has 0 bridgehead atoms. The lowest BCUT2D eigenvalue weighted by atomic mass is 9.98. The van der Waals surface area contributed by atoms with Gasteiger partial charge in [0.1, 0.15) is 0 Å². The highest BCUT2D eigenvalue weighted by molar-refractivity contribution is 7.99. The van der Waals surface area contributed by atoms with Crippen LogP contribution in [0.5, 0.6) is 0 Å². The summed E-state index contributed by atoms with van der Waals surface area (Å²) >= 11 is 1.95. The zero-order valence-corrected chi connectivity index (χ0v) is 13.6. The number of nitrogens with two attached hydrogens (primary N) is 1. The van der Waals surface area contributed by atoms with Gasteiger partial charge in [0.25, 0.3) is 0 Å². The minimum Gasteiger partial charge on any atom is -0.370 e. The Morgan fingerprint density at radius 3 is 2.40 bits per heavy atom. The number of nitrogens with zero attached hydrogens (tertiary/aromatic N) is 3. The summed E-state index contributed by atoms with van der Waals surface area (Å²) in [5.74, 6) is 3.33. The summed E-state index contributed by atoms with van der Waals surface area (Å²) in [5.41, 5.74) is 6.02. The van der Waals surface area contributed by atoms with Crippen molar-refractivity contribution < 1.29 is 8.42 Å². The summed E-state index contributed by atoms with van der Waals surface area (Å²) in [6.45, 7) is 3.89. The summed E-state index contributed by atoms with van der Waals surface area (Å²) in [4.78, 5) is 6.64. The highest BCUT2D eigenvalue weighted by Gasteiger charge is 2.24. The quantitative estimate of drug-likeness (QED) is 0.586. The Balaban J connectivity index is 1.77. The van der Waals surface area contributed by atoms with E-state index in [0.29, 0.717) is 31.5 Å². The molecule has 2 heterocycles. The lowest BCUT2D eigenvalue weighted by Gasteiger charge is -2.30. The molecule has 6 nitrogen and oxygen atoms in total. The number of rotatable bonds is 3. The zero-order valence-electron chi connectivity index (χ0n) is 12.0. The number of sulfonamides is 1. The van der Waals surface area contributed by atoms with Gasteiger partial charge in [-0.1, -0.05) is 0 Å². The van der Waals surface area contributed by atoms with E-state index in [-0.39, 0.29) is 0 Å². The third kappa shape index (κ3) is 4.53. The summed E-state index contributed by atoms with van der Waals surface area (Å²) < 4.78 is 24.4. The highest BCUT2D eigenvalue weighted by atomic mass is 32.2. The molecule has 0 radical (unpaired) electrons. The number of aliphatic imine (C=N–C) groups is 1. The summed E-state index contributed by atoms with van der Waals surface area (Å²) in [6.07, 6.45) is 3.03. The molecule has 2 fully saturated rings. The van der Waals surface area contributed by atoms with Crippen molar-refractivity contribution in [3.8, 4) is 0 Å². The maximum atomic E-state index is 11.4. The van der Waals surface area contributed by atoms with E-state index in [1.54, 1.807) is 4.31 Å². The summed E-state index contributed by atoms with van der Waals surface area (Å²) in [6, 6.07) is 0. The van der Waals surface area contributed by atoms with Crippen LogP contribution < -0.4 is 5.73 Å². The molecule has 2 aliphatic heterocycles. The second-order valence-electron chi connectivity index (χ2n) is 5.40. The minimum atomic E-state index is -3.04. The van der Waals surface area contributed by atoms with Gasteiger partial charge in [-0.25, -0.2) is 12.7 Å². The zero-order chi connectivity index (χ0) is 14.6. The van der Waals surface area contributed by atoms with Crippen molar-refractivity contribution in [2.75, 3.05) is 50.5 Å². The molecule has 0 aromatic heterocycles. The first-order valence-corrected chi connectivity index (χ1v) is 10.0. The number of piperidine rings is 1. The predicted molar refractivity (Wildman–Crippen MR) is 84.5 cm³/mol. The first-order valence-electron chi connectivity index (χ1n) is 7.04. The standard InChI is InChI=1S/C12H24N4O2S2/c1-20(17,18)16-4-2-11(3-5-16)10-14-12(13)15-6-8-19-9-7-15/h11H,2-10H2,1H3,(H2,13,14). The van der Waals surface area contributed by atoms with Crippen molar-refractivity contribution in [2.45, 2.75) is 12.8 Å². The normalized spacial score (nSPS) is 24.1. The average molecular weight is 320 g/mol. The maximum absolute atomic E-state index is 11.4. The molecule has 0 aromatic carbocycles. The molecule has 2 N–H and O–H groups in total. The molecule has 0 spiro atoms. The topological polar surface area (TPSA) is 79.0 Å². The van der Waals surface area contributed by atoms with Crippen LogP contribution in [-0.4, -0.2) is 74.1 Å².